The molecule has 0 aliphatic carbocycles. The number of carbonyl (C=O) groups excluding carboxylic acids is 1. The Balaban J connectivity index is 1.51. The molecule has 3 aromatic carbocycles. The average molecular weight is 479 g/mol. The van der Waals surface area contributed by atoms with Gasteiger partial charge in [-0.15, -0.1) is 0 Å². The molecule has 1 saturated heterocycles. The van der Waals surface area contributed by atoms with E-state index in [1.165, 1.54) is 11.8 Å². The second-order valence-corrected chi connectivity index (χ2v) is 8.79. The number of carbonyl (C=O) groups is 1. The van der Waals surface area contributed by atoms with Crippen LogP contribution < -0.4 is 14.8 Å². The van der Waals surface area contributed by atoms with E-state index in [1.807, 2.05) is 86.7 Å². The Morgan fingerprint density at radius 2 is 1.82 bits per heavy atom. The fourth-order valence-electron chi connectivity index (χ4n) is 3.17. The quantitative estimate of drug-likeness (QED) is 0.393. The van der Waals surface area contributed by atoms with E-state index >= 15 is 0 Å². The molecule has 1 heterocycles. The number of hydrogen-bond donors (Lipinski definition) is 1. The standard InChI is InChI=1S/C26H23ClN2O3S/c1-3-31-23-14-19(10-13-22(23)32-16-18-8-11-20(27)12-9-18)15-24-25(30)29-26(33-24)28-21-7-5-4-6-17(21)2/h4-15H,3,16H2,1-2H3,(H,28,29,30). The van der Waals surface area contributed by atoms with Crippen LogP contribution in [-0.2, 0) is 11.4 Å². The van der Waals surface area contributed by atoms with E-state index in [2.05, 4.69) is 10.3 Å². The highest BCUT2D eigenvalue weighted by molar-refractivity contribution is 8.18. The number of aliphatic imine (C=N–C) groups is 1. The third-order valence-corrected chi connectivity index (χ3v) is 6.02. The first-order chi connectivity index (χ1) is 16.0. The van der Waals surface area contributed by atoms with E-state index in [9.17, 15) is 4.79 Å². The Kier molecular flexibility index (Phi) is 7.37. The van der Waals surface area contributed by atoms with Crippen LogP contribution in [0.1, 0.15) is 23.6 Å². The molecule has 0 bridgehead atoms. The maximum atomic E-state index is 12.5. The number of halogens is 1. The molecule has 3 aromatic rings. The van der Waals surface area contributed by atoms with E-state index in [-0.39, 0.29) is 5.91 Å². The van der Waals surface area contributed by atoms with E-state index in [1.54, 1.807) is 0 Å². The second kappa shape index (κ2) is 10.6. The van der Waals surface area contributed by atoms with Crippen LogP contribution in [0, 0.1) is 6.92 Å². The van der Waals surface area contributed by atoms with Gasteiger partial charge in [-0.25, -0.2) is 4.99 Å². The van der Waals surface area contributed by atoms with Gasteiger partial charge in [-0.3, -0.25) is 4.79 Å². The topological polar surface area (TPSA) is 59.9 Å². The molecule has 0 unspecified atom stereocenters. The lowest BCUT2D eigenvalue weighted by molar-refractivity contribution is -0.115. The Bertz CT molecular complexity index is 1220. The molecule has 1 aliphatic heterocycles. The molecular weight excluding hydrogens is 456 g/mol. The van der Waals surface area contributed by atoms with Crippen molar-refractivity contribution in [3.63, 3.8) is 0 Å². The second-order valence-electron chi connectivity index (χ2n) is 7.32. The molecule has 1 N–H and O–H groups in total. The molecule has 0 atom stereocenters. The van der Waals surface area contributed by atoms with Crippen LogP contribution in [0.2, 0.25) is 5.02 Å². The number of amides is 1. The van der Waals surface area contributed by atoms with E-state index in [0.29, 0.717) is 39.8 Å². The molecule has 1 fully saturated rings. The molecule has 33 heavy (non-hydrogen) atoms. The van der Waals surface area contributed by atoms with E-state index in [4.69, 9.17) is 21.1 Å². The summed E-state index contributed by atoms with van der Waals surface area (Å²) in [7, 11) is 0. The number of aryl methyl sites for hydroxylation is 1. The van der Waals surface area contributed by atoms with Crippen LogP contribution in [0.4, 0.5) is 5.69 Å². The van der Waals surface area contributed by atoms with Gasteiger partial charge in [0.05, 0.1) is 17.2 Å². The summed E-state index contributed by atoms with van der Waals surface area (Å²) in [5.41, 5.74) is 3.73. The summed E-state index contributed by atoms with van der Waals surface area (Å²) in [6.07, 6.45) is 1.83. The van der Waals surface area contributed by atoms with E-state index in [0.717, 1.165) is 22.4 Å². The van der Waals surface area contributed by atoms with Crippen molar-refractivity contribution in [3.05, 3.63) is 93.3 Å². The highest BCUT2D eigenvalue weighted by Crippen LogP contribution is 2.33. The number of ether oxygens (including phenoxy) is 2. The predicted molar refractivity (Wildman–Crippen MR) is 135 cm³/mol. The molecule has 1 amide bonds. The molecule has 0 aromatic heterocycles. The highest BCUT2D eigenvalue weighted by Gasteiger charge is 2.24. The SMILES string of the molecule is CCOc1cc(C=C2SC(=Nc3ccccc3C)NC2=O)ccc1OCc1ccc(Cl)cc1. The van der Waals surface area contributed by atoms with Crippen LogP contribution in [0.3, 0.4) is 0 Å². The van der Waals surface area contributed by atoms with Gasteiger partial charge in [0.1, 0.15) is 6.61 Å². The molecule has 0 spiro atoms. The fraction of sp³-hybridized carbons (Fsp3) is 0.154. The average Bonchev–Trinajstić information content (AvgIpc) is 3.14. The van der Waals surface area contributed by atoms with Crippen LogP contribution in [0.5, 0.6) is 11.5 Å². The van der Waals surface area contributed by atoms with Gasteiger partial charge in [0.2, 0.25) is 0 Å². The first-order valence-electron chi connectivity index (χ1n) is 10.5. The minimum atomic E-state index is -0.173. The minimum Gasteiger partial charge on any atom is -0.490 e. The molecular formula is C26H23ClN2O3S. The zero-order chi connectivity index (χ0) is 23.2. The van der Waals surface area contributed by atoms with Gasteiger partial charge in [0.15, 0.2) is 16.7 Å². The van der Waals surface area contributed by atoms with Crippen molar-refractivity contribution in [1.82, 2.24) is 5.32 Å². The lowest BCUT2D eigenvalue weighted by atomic mass is 10.2. The smallest absolute Gasteiger partial charge is 0.264 e. The molecule has 5 nitrogen and oxygen atoms in total. The third-order valence-electron chi connectivity index (χ3n) is 4.86. The van der Waals surface area contributed by atoms with Gasteiger partial charge in [0, 0.05) is 5.02 Å². The minimum absolute atomic E-state index is 0.173. The number of thioether (sulfide) groups is 1. The van der Waals surface area contributed by atoms with Crippen molar-refractivity contribution in [2.45, 2.75) is 20.5 Å². The Labute approximate surface area is 202 Å². The number of para-hydroxylation sites is 1. The van der Waals surface area contributed by atoms with Crippen molar-refractivity contribution in [1.29, 1.82) is 0 Å². The van der Waals surface area contributed by atoms with Crippen LogP contribution in [0.25, 0.3) is 6.08 Å². The van der Waals surface area contributed by atoms with Crippen molar-refractivity contribution in [2.24, 2.45) is 4.99 Å². The molecule has 0 saturated carbocycles. The summed E-state index contributed by atoms with van der Waals surface area (Å²) in [6, 6.07) is 20.9. The van der Waals surface area contributed by atoms with Crippen molar-refractivity contribution >= 4 is 46.2 Å². The van der Waals surface area contributed by atoms with Crippen molar-refractivity contribution in [3.8, 4) is 11.5 Å². The van der Waals surface area contributed by atoms with Gasteiger partial charge in [-0.1, -0.05) is 48.0 Å². The number of benzene rings is 3. The van der Waals surface area contributed by atoms with Gasteiger partial charge in [0.25, 0.3) is 5.91 Å². The van der Waals surface area contributed by atoms with Crippen molar-refractivity contribution < 1.29 is 14.3 Å². The third kappa shape index (κ3) is 5.97. The van der Waals surface area contributed by atoms with Crippen LogP contribution in [0.15, 0.2) is 76.6 Å². The zero-order valence-corrected chi connectivity index (χ0v) is 19.9. The van der Waals surface area contributed by atoms with Crippen molar-refractivity contribution in [2.75, 3.05) is 6.61 Å². The van der Waals surface area contributed by atoms with Gasteiger partial charge in [-0.2, -0.15) is 0 Å². The van der Waals surface area contributed by atoms with Gasteiger partial charge >= 0.3 is 0 Å². The number of rotatable bonds is 7. The summed E-state index contributed by atoms with van der Waals surface area (Å²) >= 11 is 7.26. The number of hydrogen-bond acceptors (Lipinski definition) is 5. The number of amidine groups is 1. The number of nitrogens with zero attached hydrogens (tertiary/aromatic N) is 1. The van der Waals surface area contributed by atoms with Crippen LogP contribution >= 0.6 is 23.4 Å². The fourth-order valence-corrected chi connectivity index (χ4v) is 4.13. The summed E-state index contributed by atoms with van der Waals surface area (Å²) in [4.78, 5) is 17.6. The predicted octanol–water partition coefficient (Wildman–Crippen LogP) is 6.52. The number of nitrogens with one attached hydrogen (secondary N) is 1. The summed E-state index contributed by atoms with van der Waals surface area (Å²) in [5, 5.41) is 4.08. The van der Waals surface area contributed by atoms with E-state index < -0.39 is 0 Å². The zero-order valence-electron chi connectivity index (χ0n) is 18.3. The lowest BCUT2D eigenvalue weighted by Crippen LogP contribution is -2.19. The Hall–Kier alpha value is -3.22. The largest absolute Gasteiger partial charge is 0.490 e. The molecule has 4 rings (SSSR count). The lowest BCUT2D eigenvalue weighted by Gasteiger charge is -2.13. The maximum absolute atomic E-state index is 12.5. The maximum Gasteiger partial charge on any atom is 0.264 e. The summed E-state index contributed by atoms with van der Waals surface area (Å²) in [5.74, 6) is 1.09. The summed E-state index contributed by atoms with van der Waals surface area (Å²) in [6.45, 7) is 4.81. The first-order valence-corrected chi connectivity index (χ1v) is 11.7. The first kappa shape index (κ1) is 23.0. The summed E-state index contributed by atoms with van der Waals surface area (Å²) < 4.78 is 11.7. The Morgan fingerprint density at radius 1 is 1.03 bits per heavy atom. The van der Waals surface area contributed by atoms with Gasteiger partial charge in [-0.05, 0) is 78.7 Å². The monoisotopic (exact) mass is 478 g/mol. The molecule has 168 valence electrons. The Morgan fingerprint density at radius 3 is 2.58 bits per heavy atom. The molecule has 1 aliphatic rings. The van der Waals surface area contributed by atoms with Crippen LogP contribution in [-0.4, -0.2) is 17.7 Å². The molecule has 7 heteroatoms. The van der Waals surface area contributed by atoms with Gasteiger partial charge < -0.3 is 14.8 Å². The highest BCUT2D eigenvalue weighted by atomic mass is 35.5. The normalized spacial score (nSPS) is 15.7. The molecule has 0 radical (unpaired) electrons.